The normalized spacial score (nSPS) is 25.4. The number of aryl methyl sites for hydroxylation is 1. The molecule has 1 N–H and O–H groups in total. The van der Waals surface area contributed by atoms with Crippen LogP contribution < -0.4 is 0 Å². The van der Waals surface area contributed by atoms with E-state index in [9.17, 15) is 9.90 Å². The van der Waals surface area contributed by atoms with Crippen molar-refractivity contribution in [1.29, 1.82) is 0 Å². The second-order valence-electron chi connectivity index (χ2n) is 5.92. The first kappa shape index (κ1) is 14.1. The molecule has 0 saturated carbocycles. The van der Waals surface area contributed by atoms with E-state index in [0.29, 0.717) is 12.6 Å². The molecular weight excluding hydrogens is 238 g/mol. The van der Waals surface area contributed by atoms with Gasteiger partial charge in [0.25, 0.3) is 0 Å². The number of rotatable bonds is 4. The minimum Gasteiger partial charge on any atom is -0.481 e. The van der Waals surface area contributed by atoms with Crippen LogP contribution in [0.5, 0.6) is 0 Å². The number of nitrogens with zero attached hydrogens (tertiary/aromatic N) is 1. The lowest BCUT2D eigenvalue weighted by molar-refractivity contribution is -0.147. The van der Waals surface area contributed by atoms with E-state index in [4.69, 9.17) is 0 Å². The fourth-order valence-corrected chi connectivity index (χ4v) is 2.93. The average molecular weight is 261 g/mol. The van der Waals surface area contributed by atoms with Crippen LogP contribution in [0.3, 0.4) is 0 Å². The van der Waals surface area contributed by atoms with Crippen LogP contribution in [0.4, 0.5) is 0 Å². The number of carbonyl (C=O) groups is 1. The highest BCUT2D eigenvalue weighted by Gasteiger charge is 2.42. The zero-order valence-electron chi connectivity index (χ0n) is 12.0. The van der Waals surface area contributed by atoms with Crippen molar-refractivity contribution in [3.8, 4) is 0 Å². The molecule has 1 aliphatic rings. The minimum absolute atomic E-state index is 0.335. The number of hydrogen-bond acceptors (Lipinski definition) is 2. The fraction of sp³-hybridized carbons (Fsp3) is 0.562. The van der Waals surface area contributed by atoms with Gasteiger partial charge in [-0.05, 0) is 38.8 Å². The first-order chi connectivity index (χ1) is 8.96. The van der Waals surface area contributed by atoms with Gasteiger partial charge in [0.1, 0.15) is 0 Å². The third-order valence-electron chi connectivity index (χ3n) is 4.31. The van der Waals surface area contributed by atoms with E-state index in [-0.39, 0.29) is 0 Å². The van der Waals surface area contributed by atoms with E-state index in [1.807, 2.05) is 6.92 Å². The quantitative estimate of drug-likeness (QED) is 0.904. The summed E-state index contributed by atoms with van der Waals surface area (Å²) < 4.78 is 0. The molecule has 0 radical (unpaired) electrons. The molecule has 2 rings (SSSR count). The Bertz CT molecular complexity index is 454. The molecule has 0 amide bonds. The lowest BCUT2D eigenvalue weighted by atomic mass is 9.90. The zero-order chi connectivity index (χ0) is 14.0. The zero-order valence-corrected chi connectivity index (χ0v) is 12.0. The Labute approximate surface area is 115 Å². The Hall–Kier alpha value is -1.35. The van der Waals surface area contributed by atoms with Gasteiger partial charge in [0.2, 0.25) is 0 Å². The van der Waals surface area contributed by atoms with Crippen molar-refractivity contribution in [3.63, 3.8) is 0 Å². The number of hydrogen-bond donors (Lipinski definition) is 1. The maximum atomic E-state index is 11.3. The van der Waals surface area contributed by atoms with Crippen LogP contribution in [-0.4, -0.2) is 29.1 Å². The van der Waals surface area contributed by atoms with Crippen LogP contribution in [0.1, 0.15) is 43.9 Å². The van der Waals surface area contributed by atoms with E-state index in [1.165, 1.54) is 11.1 Å². The molecule has 2 unspecified atom stereocenters. The molecule has 1 fully saturated rings. The van der Waals surface area contributed by atoms with Gasteiger partial charge in [-0.1, -0.05) is 36.8 Å². The number of likely N-dealkylation sites (tertiary alicyclic amines) is 1. The molecule has 0 aliphatic carbocycles. The fourth-order valence-electron chi connectivity index (χ4n) is 2.93. The van der Waals surface area contributed by atoms with E-state index in [2.05, 4.69) is 43.0 Å². The van der Waals surface area contributed by atoms with Crippen molar-refractivity contribution in [3.05, 3.63) is 35.4 Å². The van der Waals surface area contributed by atoms with Crippen LogP contribution in [0.25, 0.3) is 0 Å². The summed E-state index contributed by atoms with van der Waals surface area (Å²) in [6.07, 6.45) is 1.75. The van der Waals surface area contributed by atoms with Gasteiger partial charge in [0.05, 0.1) is 5.41 Å². The highest BCUT2D eigenvalue weighted by Crippen LogP contribution is 2.36. The summed E-state index contributed by atoms with van der Waals surface area (Å²) in [5, 5.41) is 9.33. The lowest BCUT2D eigenvalue weighted by Gasteiger charge is -2.28. The predicted octanol–water partition coefficient (Wildman–Crippen LogP) is 3.24. The summed E-state index contributed by atoms with van der Waals surface area (Å²) >= 11 is 0. The highest BCUT2D eigenvalue weighted by atomic mass is 16.4. The number of aliphatic carboxylic acids is 1. The molecule has 3 heteroatoms. The summed E-state index contributed by atoms with van der Waals surface area (Å²) in [6, 6.07) is 8.93. The summed E-state index contributed by atoms with van der Waals surface area (Å²) in [5.41, 5.74) is 1.97. The SMILES string of the molecule is CCC(c1ccc(C)cc1)N1CCC(C)(C(=O)O)C1. The van der Waals surface area contributed by atoms with Gasteiger partial charge < -0.3 is 5.11 Å². The smallest absolute Gasteiger partial charge is 0.310 e. The van der Waals surface area contributed by atoms with Gasteiger partial charge >= 0.3 is 5.97 Å². The maximum Gasteiger partial charge on any atom is 0.310 e. The molecule has 1 aliphatic heterocycles. The Morgan fingerprint density at radius 3 is 2.53 bits per heavy atom. The van der Waals surface area contributed by atoms with Gasteiger partial charge in [-0.2, -0.15) is 0 Å². The third kappa shape index (κ3) is 2.81. The average Bonchev–Trinajstić information content (AvgIpc) is 2.77. The predicted molar refractivity (Wildman–Crippen MR) is 76.1 cm³/mol. The topological polar surface area (TPSA) is 40.5 Å². The molecule has 0 aromatic heterocycles. The number of carboxylic acid groups (broad SMARTS) is 1. The molecule has 0 bridgehead atoms. The first-order valence-electron chi connectivity index (χ1n) is 7.00. The highest BCUT2D eigenvalue weighted by molar-refractivity contribution is 5.74. The van der Waals surface area contributed by atoms with E-state index >= 15 is 0 Å². The third-order valence-corrected chi connectivity index (χ3v) is 4.31. The van der Waals surface area contributed by atoms with Crippen molar-refractivity contribution < 1.29 is 9.90 Å². The Morgan fingerprint density at radius 1 is 1.42 bits per heavy atom. The van der Waals surface area contributed by atoms with Crippen molar-refractivity contribution in [2.45, 2.75) is 39.7 Å². The molecule has 104 valence electrons. The van der Waals surface area contributed by atoms with Gasteiger partial charge in [0, 0.05) is 12.6 Å². The lowest BCUT2D eigenvalue weighted by Crippen LogP contribution is -2.33. The van der Waals surface area contributed by atoms with Crippen molar-refractivity contribution in [2.24, 2.45) is 5.41 Å². The van der Waals surface area contributed by atoms with Gasteiger partial charge in [-0.25, -0.2) is 0 Å². The molecule has 1 heterocycles. The largest absolute Gasteiger partial charge is 0.481 e. The van der Waals surface area contributed by atoms with Crippen LogP contribution in [0.2, 0.25) is 0 Å². The summed E-state index contributed by atoms with van der Waals surface area (Å²) in [7, 11) is 0. The van der Waals surface area contributed by atoms with E-state index in [0.717, 1.165) is 19.4 Å². The Balaban J connectivity index is 2.16. The second-order valence-corrected chi connectivity index (χ2v) is 5.92. The van der Waals surface area contributed by atoms with E-state index < -0.39 is 11.4 Å². The molecule has 1 saturated heterocycles. The number of benzene rings is 1. The molecule has 1 aromatic carbocycles. The molecular formula is C16H23NO2. The van der Waals surface area contributed by atoms with Gasteiger partial charge in [-0.15, -0.1) is 0 Å². The molecule has 1 aromatic rings. The second kappa shape index (κ2) is 5.33. The van der Waals surface area contributed by atoms with Gasteiger partial charge in [-0.3, -0.25) is 9.69 Å². The van der Waals surface area contributed by atoms with Crippen LogP contribution in [0, 0.1) is 12.3 Å². The maximum absolute atomic E-state index is 11.3. The van der Waals surface area contributed by atoms with Gasteiger partial charge in [0.15, 0.2) is 0 Å². The summed E-state index contributed by atoms with van der Waals surface area (Å²) in [4.78, 5) is 13.7. The summed E-state index contributed by atoms with van der Waals surface area (Å²) in [5.74, 6) is -0.672. The van der Waals surface area contributed by atoms with Crippen molar-refractivity contribution >= 4 is 5.97 Å². The first-order valence-corrected chi connectivity index (χ1v) is 7.00. The Morgan fingerprint density at radius 2 is 2.05 bits per heavy atom. The standard InChI is InChI=1S/C16H23NO2/c1-4-14(13-7-5-12(2)6-8-13)17-10-9-16(3,11-17)15(18)19/h5-8,14H,4,9-11H2,1-3H3,(H,18,19). The summed E-state index contributed by atoms with van der Waals surface area (Å²) in [6.45, 7) is 7.63. The molecule has 19 heavy (non-hydrogen) atoms. The van der Waals surface area contributed by atoms with Crippen LogP contribution in [-0.2, 0) is 4.79 Å². The van der Waals surface area contributed by atoms with Crippen LogP contribution >= 0.6 is 0 Å². The number of carboxylic acids is 1. The van der Waals surface area contributed by atoms with Crippen molar-refractivity contribution in [2.75, 3.05) is 13.1 Å². The van der Waals surface area contributed by atoms with Crippen LogP contribution in [0.15, 0.2) is 24.3 Å². The molecule has 2 atom stereocenters. The minimum atomic E-state index is -0.672. The monoisotopic (exact) mass is 261 g/mol. The Kier molecular flexibility index (Phi) is 3.95. The molecule has 3 nitrogen and oxygen atoms in total. The molecule has 0 spiro atoms. The van der Waals surface area contributed by atoms with E-state index in [1.54, 1.807) is 0 Å². The van der Waals surface area contributed by atoms with Crippen molar-refractivity contribution in [1.82, 2.24) is 4.90 Å².